The molecule has 0 unspecified atom stereocenters. The minimum atomic E-state index is -0.340. The third-order valence-electron chi connectivity index (χ3n) is 4.67. The molecule has 0 N–H and O–H groups in total. The largest absolute Gasteiger partial charge is 0.368 e. The van der Waals surface area contributed by atoms with E-state index in [1.54, 1.807) is 12.1 Å². The summed E-state index contributed by atoms with van der Waals surface area (Å²) in [7, 11) is 0. The molecule has 2 heterocycles. The van der Waals surface area contributed by atoms with Crippen LogP contribution < -0.4 is 4.90 Å². The standard InChI is InChI=1S/C21H19FN4O/c22-18-6-4-5-16(13-18)20-23-14-17(15-24-20)21(27)26-11-9-25(10-12-26)19-7-2-1-3-8-19/h1-8,13-15H,9-12H2. The maximum Gasteiger partial charge on any atom is 0.257 e. The average Bonchev–Trinajstić information content (AvgIpc) is 2.74. The quantitative estimate of drug-likeness (QED) is 0.718. The number of hydrogen-bond acceptors (Lipinski definition) is 4. The highest BCUT2D eigenvalue weighted by Gasteiger charge is 2.22. The van der Waals surface area contributed by atoms with Crippen LogP contribution in [0, 0.1) is 5.82 Å². The van der Waals surface area contributed by atoms with Crippen molar-refractivity contribution in [3.63, 3.8) is 0 Å². The van der Waals surface area contributed by atoms with Crippen molar-refractivity contribution in [1.29, 1.82) is 0 Å². The topological polar surface area (TPSA) is 49.3 Å². The molecule has 4 rings (SSSR count). The van der Waals surface area contributed by atoms with Gasteiger partial charge in [0, 0.05) is 49.8 Å². The van der Waals surface area contributed by atoms with Crippen LogP contribution in [-0.4, -0.2) is 47.0 Å². The van der Waals surface area contributed by atoms with Gasteiger partial charge in [0.05, 0.1) is 5.56 Å². The summed E-state index contributed by atoms with van der Waals surface area (Å²) < 4.78 is 13.3. The van der Waals surface area contributed by atoms with Crippen molar-refractivity contribution in [2.75, 3.05) is 31.1 Å². The van der Waals surface area contributed by atoms with Crippen LogP contribution in [0.3, 0.4) is 0 Å². The van der Waals surface area contributed by atoms with E-state index in [1.165, 1.54) is 30.2 Å². The highest BCUT2D eigenvalue weighted by Crippen LogP contribution is 2.18. The number of nitrogens with zero attached hydrogens (tertiary/aromatic N) is 4. The lowest BCUT2D eigenvalue weighted by Crippen LogP contribution is -2.48. The zero-order valence-corrected chi connectivity index (χ0v) is 14.8. The first-order valence-corrected chi connectivity index (χ1v) is 8.88. The van der Waals surface area contributed by atoms with Crippen molar-refractivity contribution >= 4 is 11.6 Å². The number of aromatic nitrogens is 2. The smallest absolute Gasteiger partial charge is 0.257 e. The van der Waals surface area contributed by atoms with Gasteiger partial charge >= 0.3 is 0 Å². The lowest BCUT2D eigenvalue weighted by atomic mass is 10.2. The summed E-state index contributed by atoms with van der Waals surface area (Å²) in [6.07, 6.45) is 3.03. The molecule has 3 aromatic rings. The number of halogens is 1. The van der Waals surface area contributed by atoms with E-state index < -0.39 is 0 Å². The minimum absolute atomic E-state index is 0.0755. The molecule has 136 valence electrons. The van der Waals surface area contributed by atoms with E-state index in [0.29, 0.717) is 30.0 Å². The molecule has 0 aliphatic carbocycles. The molecule has 5 nitrogen and oxygen atoms in total. The Morgan fingerprint density at radius 1 is 0.889 bits per heavy atom. The van der Waals surface area contributed by atoms with Crippen LogP contribution >= 0.6 is 0 Å². The highest BCUT2D eigenvalue weighted by atomic mass is 19.1. The van der Waals surface area contributed by atoms with Gasteiger partial charge in [-0.1, -0.05) is 30.3 Å². The molecule has 0 radical (unpaired) electrons. The Morgan fingerprint density at radius 2 is 1.59 bits per heavy atom. The van der Waals surface area contributed by atoms with E-state index in [-0.39, 0.29) is 11.7 Å². The number of rotatable bonds is 3. The molecule has 1 fully saturated rings. The predicted octanol–water partition coefficient (Wildman–Crippen LogP) is 3.25. The van der Waals surface area contributed by atoms with Gasteiger partial charge in [0.25, 0.3) is 5.91 Å². The zero-order chi connectivity index (χ0) is 18.6. The van der Waals surface area contributed by atoms with Gasteiger partial charge in [-0.2, -0.15) is 0 Å². The van der Waals surface area contributed by atoms with Crippen LogP contribution in [0.2, 0.25) is 0 Å². The Balaban J connectivity index is 1.41. The summed E-state index contributed by atoms with van der Waals surface area (Å²) in [5, 5.41) is 0. The second-order valence-corrected chi connectivity index (χ2v) is 6.42. The number of anilines is 1. The van der Waals surface area contributed by atoms with Gasteiger partial charge in [-0.05, 0) is 24.3 Å². The molecule has 0 saturated carbocycles. The van der Waals surface area contributed by atoms with E-state index in [1.807, 2.05) is 23.1 Å². The van der Waals surface area contributed by atoms with Crippen LogP contribution in [0.5, 0.6) is 0 Å². The van der Waals surface area contributed by atoms with Crippen molar-refractivity contribution in [3.8, 4) is 11.4 Å². The maximum atomic E-state index is 13.3. The van der Waals surface area contributed by atoms with Crippen LogP contribution in [0.4, 0.5) is 10.1 Å². The number of piperazine rings is 1. The number of para-hydroxylation sites is 1. The van der Waals surface area contributed by atoms with E-state index in [9.17, 15) is 9.18 Å². The van der Waals surface area contributed by atoms with Crippen LogP contribution in [-0.2, 0) is 0 Å². The molecule has 2 aromatic carbocycles. The van der Waals surface area contributed by atoms with Crippen LogP contribution in [0.15, 0.2) is 67.0 Å². The fraction of sp³-hybridized carbons (Fsp3) is 0.190. The second kappa shape index (κ2) is 7.53. The third kappa shape index (κ3) is 3.79. The Hall–Kier alpha value is -3.28. The maximum absolute atomic E-state index is 13.3. The molecule has 27 heavy (non-hydrogen) atoms. The molecule has 0 spiro atoms. The van der Waals surface area contributed by atoms with Crippen LogP contribution in [0.25, 0.3) is 11.4 Å². The molecule has 0 atom stereocenters. The van der Waals surface area contributed by atoms with Gasteiger partial charge in [0.1, 0.15) is 5.82 Å². The van der Waals surface area contributed by atoms with Crippen molar-refractivity contribution in [3.05, 3.63) is 78.4 Å². The molecular weight excluding hydrogens is 343 g/mol. The summed E-state index contributed by atoms with van der Waals surface area (Å²) in [6.45, 7) is 2.88. The van der Waals surface area contributed by atoms with Gasteiger partial charge in [0.2, 0.25) is 0 Å². The summed E-state index contributed by atoms with van der Waals surface area (Å²) in [6, 6.07) is 16.3. The minimum Gasteiger partial charge on any atom is -0.368 e. The average molecular weight is 362 g/mol. The predicted molar refractivity (Wildman–Crippen MR) is 102 cm³/mol. The Labute approximate surface area is 157 Å². The molecule has 1 aliphatic heterocycles. The van der Waals surface area contributed by atoms with Crippen molar-refractivity contribution < 1.29 is 9.18 Å². The Morgan fingerprint density at radius 3 is 2.26 bits per heavy atom. The third-order valence-corrected chi connectivity index (χ3v) is 4.67. The van der Waals surface area contributed by atoms with Crippen molar-refractivity contribution in [2.24, 2.45) is 0 Å². The first kappa shape index (κ1) is 17.1. The van der Waals surface area contributed by atoms with E-state index >= 15 is 0 Å². The highest BCUT2D eigenvalue weighted by molar-refractivity contribution is 5.94. The molecule has 1 aromatic heterocycles. The fourth-order valence-electron chi connectivity index (χ4n) is 3.20. The van der Waals surface area contributed by atoms with Gasteiger partial charge in [-0.15, -0.1) is 0 Å². The molecular formula is C21H19FN4O. The van der Waals surface area contributed by atoms with Gasteiger partial charge in [-0.3, -0.25) is 4.79 Å². The number of amides is 1. The number of benzene rings is 2. The summed E-state index contributed by atoms with van der Waals surface area (Å²) in [4.78, 5) is 25.3. The van der Waals surface area contributed by atoms with Crippen molar-refractivity contribution in [1.82, 2.24) is 14.9 Å². The fourth-order valence-corrected chi connectivity index (χ4v) is 3.20. The second-order valence-electron chi connectivity index (χ2n) is 6.42. The summed E-state index contributed by atoms with van der Waals surface area (Å²) in [5.74, 6) is -0.0130. The first-order chi connectivity index (χ1) is 13.2. The molecule has 1 amide bonds. The lowest BCUT2D eigenvalue weighted by molar-refractivity contribution is 0.0746. The molecule has 0 bridgehead atoms. The first-order valence-electron chi connectivity index (χ1n) is 8.88. The van der Waals surface area contributed by atoms with Crippen molar-refractivity contribution in [2.45, 2.75) is 0 Å². The molecule has 6 heteroatoms. The summed E-state index contributed by atoms with van der Waals surface area (Å²) >= 11 is 0. The summed E-state index contributed by atoms with van der Waals surface area (Å²) in [5.41, 5.74) is 2.21. The van der Waals surface area contributed by atoms with E-state index in [2.05, 4.69) is 27.0 Å². The Kier molecular flexibility index (Phi) is 4.78. The van der Waals surface area contributed by atoms with Crippen LogP contribution in [0.1, 0.15) is 10.4 Å². The molecule has 1 aliphatic rings. The molecule has 1 saturated heterocycles. The lowest BCUT2D eigenvalue weighted by Gasteiger charge is -2.36. The van der Waals surface area contributed by atoms with Gasteiger partial charge in [-0.25, -0.2) is 14.4 Å². The number of hydrogen-bond donors (Lipinski definition) is 0. The van der Waals surface area contributed by atoms with E-state index in [4.69, 9.17) is 0 Å². The zero-order valence-electron chi connectivity index (χ0n) is 14.8. The monoisotopic (exact) mass is 362 g/mol. The number of carbonyl (C=O) groups is 1. The number of carbonyl (C=O) groups excluding carboxylic acids is 1. The Bertz CT molecular complexity index is 922. The normalized spacial score (nSPS) is 14.3. The van der Waals surface area contributed by atoms with E-state index in [0.717, 1.165) is 13.1 Å². The van der Waals surface area contributed by atoms with Gasteiger partial charge in [0.15, 0.2) is 5.82 Å². The SMILES string of the molecule is O=C(c1cnc(-c2cccc(F)c2)nc1)N1CCN(c2ccccc2)CC1. The van der Waals surface area contributed by atoms with Gasteiger partial charge < -0.3 is 9.80 Å².